The van der Waals surface area contributed by atoms with E-state index in [1.807, 2.05) is 6.07 Å². The van der Waals surface area contributed by atoms with Crippen molar-refractivity contribution in [3.63, 3.8) is 0 Å². The summed E-state index contributed by atoms with van der Waals surface area (Å²) in [6, 6.07) is 4.53. The van der Waals surface area contributed by atoms with Crippen LogP contribution in [0.5, 0.6) is 0 Å². The Balaban J connectivity index is 1.62. The summed E-state index contributed by atoms with van der Waals surface area (Å²) in [7, 11) is 0. The number of hydrogen-bond acceptors (Lipinski definition) is 4. The van der Waals surface area contributed by atoms with Gasteiger partial charge in [-0.25, -0.2) is 0 Å². The molecule has 4 nitrogen and oxygen atoms in total. The van der Waals surface area contributed by atoms with E-state index in [2.05, 4.69) is 29.3 Å². The molecule has 1 fully saturated rings. The zero-order valence-electron chi connectivity index (χ0n) is 15.9. The minimum absolute atomic E-state index is 0.273. The normalized spacial score (nSPS) is 22.8. The van der Waals surface area contributed by atoms with Gasteiger partial charge < -0.3 is 10.2 Å². The molecule has 0 aromatic heterocycles. The molecule has 1 aromatic carbocycles. The van der Waals surface area contributed by atoms with Gasteiger partial charge in [-0.3, -0.25) is 9.59 Å². The number of nitrogens with zero attached hydrogens (tertiary/aromatic N) is 1. The van der Waals surface area contributed by atoms with Gasteiger partial charge in [0.25, 0.3) is 0 Å². The summed E-state index contributed by atoms with van der Waals surface area (Å²) >= 11 is 0. The van der Waals surface area contributed by atoms with E-state index in [1.165, 1.54) is 28.0 Å². The van der Waals surface area contributed by atoms with Crippen molar-refractivity contribution in [3.8, 4) is 0 Å². The van der Waals surface area contributed by atoms with E-state index < -0.39 is 0 Å². The molecule has 0 radical (unpaired) electrons. The second-order valence-corrected chi connectivity index (χ2v) is 7.99. The van der Waals surface area contributed by atoms with Crippen molar-refractivity contribution in [1.29, 1.82) is 0 Å². The van der Waals surface area contributed by atoms with E-state index >= 15 is 0 Å². The average Bonchev–Trinajstić information content (AvgIpc) is 3.33. The van der Waals surface area contributed by atoms with Crippen LogP contribution in [0.25, 0.3) is 5.57 Å². The molecule has 1 aromatic rings. The fourth-order valence-corrected chi connectivity index (χ4v) is 5.41. The number of allylic oxidation sites excluding steroid dienone is 2. The molecule has 1 saturated carbocycles. The molecule has 3 aliphatic carbocycles. The van der Waals surface area contributed by atoms with E-state index in [1.54, 1.807) is 0 Å². The number of benzene rings is 1. The van der Waals surface area contributed by atoms with Crippen molar-refractivity contribution in [2.75, 3.05) is 24.5 Å². The number of carbonyl (C=O) groups excluding carboxylic acids is 2. The lowest BCUT2D eigenvalue weighted by Gasteiger charge is -2.30. The summed E-state index contributed by atoms with van der Waals surface area (Å²) in [5.41, 5.74) is 8.31. The van der Waals surface area contributed by atoms with Crippen LogP contribution in [0.15, 0.2) is 29.4 Å². The van der Waals surface area contributed by atoms with Crippen molar-refractivity contribution in [1.82, 2.24) is 5.32 Å². The largest absolute Gasteiger partial charge is 0.364 e. The Morgan fingerprint density at radius 2 is 1.96 bits per heavy atom. The predicted molar refractivity (Wildman–Crippen MR) is 107 cm³/mol. The van der Waals surface area contributed by atoms with Crippen LogP contribution in [0.4, 0.5) is 5.69 Å². The molecule has 1 N–H and O–H groups in total. The van der Waals surface area contributed by atoms with Crippen LogP contribution in [0.3, 0.4) is 0 Å². The van der Waals surface area contributed by atoms with Gasteiger partial charge in [-0.2, -0.15) is 0 Å². The van der Waals surface area contributed by atoms with Gasteiger partial charge in [0.15, 0.2) is 11.6 Å². The Hall–Kier alpha value is -2.20. The quantitative estimate of drug-likeness (QED) is 0.815. The van der Waals surface area contributed by atoms with Crippen molar-refractivity contribution in [2.45, 2.75) is 51.5 Å². The summed E-state index contributed by atoms with van der Waals surface area (Å²) in [6.07, 6.45) is 7.14. The maximum atomic E-state index is 12.3. The number of hydrogen-bond donors (Lipinski definition) is 1. The van der Waals surface area contributed by atoms with Crippen molar-refractivity contribution < 1.29 is 9.59 Å². The summed E-state index contributed by atoms with van der Waals surface area (Å²) in [6.45, 7) is 5.16. The van der Waals surface area contributed by atoms with E-state index in [0.717, 1.165) is 56.5 Å². The fourth-order valence-electron chi connectivity index (χ4n) is 5.41. The van der Waals surface area contributed by atoms with Gasteiger partial charge in [0, 0.05) is 41.8 Å². The number of rotatable bonds is 5. The number of ketones is 2. The molecule has 0 saturated heterocycles. The average molecular weight is 362 g/mol. The second kappa shape index (κ2) is 6.45. The first-order chi connectivity index (χ1) is 13.2. The summed E-state index contributed by atoms with van der Waals surface area (Å²) in [5, 5.41) is 3.42. The van der Waals surface area contributed by atoms with Crippen molar-refractivity contribution in [2.24, 2.45) is 0 Å². The van der Waals surface area contributed by atoms with Gasteiger partial charge >= 0.3 is 0 Å². The molecule has 1 aliphatic heterocycles. The lowest BCUT2D eigenvalue weighted by Crippen LogP contribution is -2.35. The van der Waals surface area contributed by atoms with Crippen LogP contribution in [-0.2, 0) is 11.2 Å². The fraction of sp³-hybridized carbons (Fsp3) is 0.478. The molecule has 0 bridgehead atoms. The van der Waals surface area contributed by atoms with E-state index in [0.29, 0.717) is 24.7 Å². The molecule has 1 heterocycles. The van der Waals surface area contributed by atoms with E-state index in [-0.39, 0.29) is 5.78 Å². The first kappa shape index (κ1) is 16.9. The molecular formula is C23H26N2O2. The first-order valence-electron chi connectivity index (χ1n) is 10.3. The Morgan fingerprint density at radius 3 is 2.81 bits per heavy atom. The monoisotopic (exact) mass is 362 g/mol. The highest BCUT2D eigenvalue weighted by Gasteiger charge is 2.43. The Labute approximate surface area is 160 Å². The summed E-state index contributed by atoms with van der Waals surface area (Å²) < 4.78 is 0. The predicted octanol–water partition coefficient (Wildman–Crippen LogP) is 3.45. The van der Waals surface area contributed by atoms with Gasteiger partial charge in [0.05, 0.1) is 6.04 Å². The number of Topliss-reactive ketones (excluding diaryl/α,β-unsaturated/α-hetero) is 2. The zero-order chi connectivity index (χ0) is 18.5. The van der Waals surface area contributed by atoms with Gasteiger partial charge in [0.1, 0.15) is 0 Å². The van der Waals surface area contributed by atoms with Gasteiger partial charge in [-0.1, -0.05) is 13.0 Å². The van der Waals surface area contributed by atoms with Crippen LogP contribution in [0.2, 0.25) is 0 Å². The van der Waals surface area contributed by atoms with Gasteiger partial charge in [-0.15, -0.1) is 0 Å². The molecule has 27 heavy (non-hydrogen) atoms. The molecular weight excluding hydrogens is 336 g/mol. The van der Waals surface area contributed by atoms with Gasteiger partial charge in [-0.05, 0) is 67.6 Å². The highest BCUT2D eigenvalue weighted by molar-refractivity contribution is 6.10. The van der Waals surface area contributed by atoms with Crippen LogP contribution >= 0.6 is 0 Å². The topological polar surface area (TPSA) is 49.4 Å². The van der Waals surface area contributed by atoms with Crippen LogP contribution in [0.1, 0.15) is 60.5 Å². The van der Waals surface area contributed by atoms with E-state index in [4.69, 9.17) is 0 Å². The standard InChI is InChI=1S/C23H26N2O2/c1-2-24-12-3-13-25-18-8-4-14-16(6-10-20(14)26)22(18)23-17-7-11-21(27)15(17)5-9-19(23)25/h4-5,8,19,24H,2-3,6-7,9-13H2,1H3. The maximum absolute atomic E-state index is 12.3. The SMILES string of the molecule is CCNCCCN1c2ccc3c(c2C2=C4CCC(=O)C4=CCC21)CCC3=O. The van der Waals surface area contributed by atoms with Crippen molar-refractivity contribution in [3.05, 3.63) is 46.0 Å². The van der Waals surface area contributed by atoms with Crippen LogP contribution in [0, 0.1) is 0 Å². The molecule has 1 atom stereocenters. The third-order valence-corrected chi connectivity index (χ3v) is 6.58. The van der Waals surface area contributed by atoms with E-state index in [9.17, 15) is 9.59 Å². The third kappa shape index (κ3) is 2.46. The Morgan fingerprint density at radius 1 is 1.11 bits per heavy atom. The molecule has 140 valence electrons. The number of nitrogens with one attached hydrogen (secondary N) is 1. The molecule has 4 heteroatoms. The highest BCUT2D eigenvalue weighted by Crippen LogP contribution is 2.52. The Kier molecular flexibility index (Phi) is 4.05. The first-order valence-corrected chi connectivity index (χ1v) is 10.3. The van der Waals surface area contributed by atoms with Crippen LogP contribution in [-0.4, -0.2) is 37.2 Å². The van der Waals surface area contributed by atoms with Crippen molar-refractivity contribution >= 4 is 22.8 Å². The highest BCUT2D eigenvalue weighted by atomic mass is 16.1. The molecule has 0 spiro atoms. The zero-order valence-corrected chi connectivity index (χ0v) is 15.9. The molecule has 5 rings (SSSR count). The second-order valence-electron chi connectivity index (χ2n) is 7.99. The molecule has 0 amide bonds. The maximum Gasteiger partial charge on any atom is 0.163 e. The lowest BCUT2D eigenvalue weighted by atomic mass is 9.84. The van der Waals surface area contributed by atoms with Crippen LogP contribution < -0.4 is 10.2 Å². The minimum Gasteiger partial charge on any atom is -0.364 e. The molecule has 4 aliphatic rings. The summed E-state index contributed by atoms with van der Waals surface area (Å²) in [5.74, 6) is 0.571. The number of carbonyl (C=O) groups is 2. The molecule has 1 unspecified atom stereocenters. The Bertz CT molecular complexity index is 909. The van der Waals surface area contributed by atoms with Gasteiger partial charge in [0.2, 0.25) is 0 Å². The minimum atomic E-state index is 0.273. The third-order valence-electron chi connectivity index (χ3n) is 6.58. The smallest absolute Gasteiger partial charge is 0.163 e. The number of anilines is 1. The number of fused-ring (bicyclic) bond motifs is 6. The lowest BCUT2D eigenvalue weighted by molar-refractivity contribution is -0.114. The summed E-state index contributed by atoms with van der Waals surface area (Å²) in [4.78, 5) is 27.2.